The molecular formula is C14H21N3O2. The zero-order valence-corrected chi connectivity index (χ0v) is 11.4. The van der Waals surface area contributed by atoms with Crippen molar-refractivity contribution in [2.45, 2.75) is 63.5 Å². The van der Waals surface area contributed by atoms with Gasteiger partial charge in [-0.15, -0.1) is 0 Å². The van der Waals surface area contributed by atoms with E-state index in [1.165, 1.54) is 32.1 Å². The van der Waals surface area contributed by atoms with E-state index in [1.54, 1.807) is 0 Å². The highest BCUT2D eigenvalue weighted by atomic mass is 16.5. The van der Waals surface area contributed by atoms with Gasteiger partial charge in [-0.3, -0.25) is 0 Å². The minimum Gasteiger partial charge on any atom is -0.378 e. The molecule has 104 valence electrons. The van der Waals surface area contributed by atoms with Gasteiger partial charge in [0.25, 0.3) is 0 Å². The summed E-state index contributed by atoms with van der Waals surface area (Å²) in [6.07, 6.45) is 7.75. The average Bonchev–Trinajstić information content (AvgIpc) is 3.06. The highest BCUT2D eigenvalue weighted by molar-refractivity contribution is 5.29. The van der Waals surface area contributed by atoms with E-state index in [0.29, 0.717) is 29.5 Å². The molecule has 19 heavy (non-hydrogen) atoms. The Morgan fingerprint density at radius 1 is 1.42 bits per heavy atom. The number of hydrogen-bond acceptors (Lipinski definition) is 5. The third-order valence-corrected chi connectivity index (χ3v) is 5.12. The highest BCUT2D eigenvalue weighted by Crippen LogP contribution is 2.58. The molecule has 0 aliphatic heterocycles. The van der Waals surface area contributed by atoms with Crippen LogP contribution < -0.4 is 5.32 Å². The van der Waals surface area contributed by atoms with Crippen LogP contribution in [0.15, 0.2) is 4.52 Å². The van der Waals surface area contributed by atoms with Gasteiger partial charge in [0.15, 0.2) is 5.82 Å². The van der Waals surface area contributed by atoms with Crippen molar-refractivity contribution in [1.82, 2.24) is 10.1 Å². The third-order valence-electron chi connectivity index (χ3n) is 5.12. The maximum Gasteiger partial charge on any atom is 0.321 e. The number of nitrogens with zero attached hydrogens (tertiary/aromatic N) is 2. The summed E-state index contributed by atoms with van der Waals surface area (Å²) in [5.41, 5.74) is 0.338. The summed E-state index contributed by atoms with van der Waals surface area (Å²) in [6, 6.07) is 1.05. The number of aromatic nitrogens is 2. The average molecular weight is 263 g/mol. The van der Waals surface area contributed by atoms with Crippen LogP contribution in [0.1, 0.15) is 57.2 Å². The number of ether oxygens (including phenoxy) is 1. The smallest absolute Gasteiger partial charge is 0.321 e. The topological polar surface area (TPSA) is 60.2 Å². The Bertz CT molecular complexity index is 465. The first kappa shape index (κ1) is 11.7. The maximum absolute atomic E-state index is 5.85. The lowest BCUT2D eigenvalue weighted by Gasteiger charge is -2.60. The lowest BCUT2D eigenvalue weighted by molar-refractivity contribution is -0.158. The van der Waals surface area contributed by atoms with Gasteiger partial charge in [-0.2, -0.15) is 4.98 Å². The predicted octanol–water partition coefficient (Wildman–Crippen LogP) is 2.71. The van der Waals surface area contributed by atoms with Gasteiger partial charge in [0.2, 0.25) is 0 Å². The van der Waals surface area contributed by atoms with E-state index in [-0.39, 0.29) is 0 Å². The van der Waals surface area contributed by atoms with Gasteiger partial charge in [-0.25, -0.2) is 0 Å². The van der Waals surface area contributed by atoms with Gasteiger partial charge < -0.3 is 14.6 Å². The minimum absolute atomic E-state index is 0.338. The van der Waals surface area contributed by atoms with Crippen molar-refractivity contribution in [3.63, 3.8) is 0 Å². The van der Waals surface area contributed by atoms with Crippen molar-refractivity contribution in [2.24, 2.45) is 5.41 Å². The molecule has 5 heteroatoms. The third kappa shape index (κ3) is 1.78. The second-order valence-corrected chi connectivity index (χ2v) is 6.20. The fourth-order valence-electron chi connectivity index (χ4n) is 3.59. The van der Waals surface area contributed by atoms with Crippen molar-refractivity contribution in [3.05, 3.63) is 5.82 Å². The standard InChI is InChI=1S/C14H21N3O2/c1-2-18-11-8-10(14(11)6-3-7-14)15-13-16-12(17-19-13)9-4-5-9/h9-11H,2-8H2,1H3,(H,15,16,17)/t10-,11+/m0/s1. The molecule has 0 bridgehead atoms. The summed E-state index contributed by atoms with van der Waals surface area (Å²) in [6.45, 7) is 2.89. The number of rotatable bonds is 5. The SMILES string of the molecule is CCO[C@@H]1C[C@H](Nc2nc(C3CC3)no2)C12CCC2. The molecule has 0 aromatic carbocycles. The Morgan fingerprint density at radius 3 is 2.89 bits per heavy atom. The number of hydrogen-bond donors (Lipinski definition) is 1. The molecule has 0 unspecified atom stereocenters. The van der Waals surface area contributed by atoms with Gasteiger partial charge in [0, 0.05) is 24.0 Å². The number of anilines is 1. The van der Waals surface area contributed by atoms with E-state index in [4.69, 9.17) is 9.26 Å². The van der Waals surface area contributed by atoms with Gasteiger partial charge in [-0.1, -0.05) is 11.6 Å². The van der Waals surface area contributed by atoms with E-state index in [1.807, 2.05) is 0 Å². The molecule has 1 spiro atoms. The first-order valence-corrected chi connectivity index (χ1v) is 7.53. The summed E-state index contributed by atoms with van der Waals surface area (Å²) in [5.74, 6) is 1.43. The summed E-state index contributed by atoms with van der Waals surface area (Å²) >= 11 is 0. The zero-order valence-electron chi connectivity index (χ0n) is 11.4. The van der Waals surface area contributed by atoms with E-state index >= 15 is 0 Å². The van der Waals surface area contributed by atoms with Crippen LogP contribution in [0.2, 0.25) is 0 Å². The largest absolute Gasteiger partial charge is 0.378 e. The monoisotopic (exact) mass is 263 g/mol. The minimum atomic E-state index is 0.338. The van der Waals surface area contributed by atoms with Crippen molar-refractivity contribution >= 4 is 6.01 Å². The molecule has 3 aliphatic rings. The first-order chi connectivity index (χ1) is 9.32. The quantitative estimate of drug-likeness (QED) is 0.885. The Balaban J connectivity index is 1.42. The second-order valence-electron chi connectivity index (χ2n) is 6.20. The van der Waals surface area contributed by atoms with Crippen LogP contribution in [-0.2, 0) is 4.74 Å². The van der Waals surface area contributed by atoms with Crippen LogP contribution in [-0.4, -0.2) is 28.9 Å². The molecule has 2 atom stereocenters. The van der Waals surface area contributed by atoms with E-state index in [2.05, 4.69) is 22.4 Å². The molecule has 3 aliphatic carbocycles. The predicted molar refractivity (Wildman–Crippen MR) is 70.0 cm³/mol. The van der Waals surface area contributed by atoms with Crippen molar-refractivity contribution in [2.75, 3.05) is 11.9 Å². The summed E-state index contributed by atoms with van der Waals surface area (Å²) in [4.78, 5) is 4.46. The summed E-state index contributed by atoms with van der Waals surface area (Å²) in [5, 5.41) is 7.50. The van der Waals surface area contributed by atoms with Crippen molar-refractivity contribution < 1.29 is 9.26 Å². The van der Waals surface area contributed by atoms with E-state index < -0.39 is 0 Å². The molecule has 0 amide bonds. The Kier molecular flexibility index (Phi) is 2.59. The Morgan fingerprint density at radius 2 is 2.26 bits per heavy atom. The van der Waals surface area contributed by atoms with E-state index in [9.17, 15) is 0 Å². The molecule has 1 heterocycles. The molecule has 1 aromatic heterocycles. The van der Waals surface area contributed by atoms with E-state index in [0.717, 1.165) is 18.9 Å². The molecule has 3 fully saturated rings. The zero-order chi connectivity index (χ0) is 12.9. The van der Waals surface area contributed by atoms with Crippen LogP contribution in [0.5, 0.6) is 0 Å². The Labute approximate surface area is 113 Å². The van der Waals surface area contributed by atoms with Crippen molar-refractivity contribution in [1.29, 1.82) is 0 Å². The molecule has 3 saturated carbocycles. The normalized spacial score (nSPS) is 31.8. The first-order valence-electron chi connectivity index (χ1n) is 7.53. The Hall–Kier alpha value is -1.10. The molecule has 0 saturated heterocycles. The summed E-state index contributed by atoms with van der Waals surface area (Å²) in [7, 11) is 0. The van der Waals surface area contributed by atoms with Gasteiger partial charge >= 0.3 is 6.01 Å². The fraction of sp³-hybridized carbons (Fsp3) is 0.857. The van der Waals surface area contributed by atoms with Crippen LogP contribution in [0, 0.1) is 5.41 Å². The van der Waals surface area contributed by atoms with Crippen LogP contribution in [0.4, 0.5) is 6.01 Å². The second kappa shape index (κ2) is 4.20. The fourth-order valence-corrected chi connectivity index (χ4v) is 3.59. The van der Waals surface area contributed by atoms with Crippen molar-refractivity contribution in [3.8, 4) is 0 Å². The molecule has 1 N–H and O–H groups in total. The lowest BCUT2D eigenvalue weighted by Crippen LogP contribution is -2.64. The molecule has 4 rings (SSSR count). The summed E-state index contributed by atoms with van der Waals surface area (Å²) < 4.78 is 11.2. The van der Waals surface area contributed by atoms with Gasteiger partial charge in [-0.05, 0) is 39.0 Å². The molecule has 5 nitrogen and oxygen atoms in total. The molecule has 1 aromatic rings. The van der Waals surface area contributed by atoms with Crippen LogP contribution in [0.25, 0.3) is 0 Å². The maximum atomic E-state index is 5.85. The van der Waals surface area contributed by atoms with Gasteiger partial charge in [0.1, 0.15) is 0 Å². The van der Waals surface area contributed by atoms with Crippen LogP contribution >= 0.6 is 0 Å². The van der Waals surface area contributed by atoms with Gasteiger partial charge in [0.05, 0.1) is 6.10 Å². The highest BCUT2D eigenvalue weighted by Gasteiger charge is 2.59. The lowest BCUT2D eigenvalue weighted by atomic mass is 9.51. The molecular weight excluding hydrogens is 242 g/mol. The number of nitrogens with one attached hydrogen (secondary N) is 1. The van der Waals surface area contributed by atoms with Crippen LogP contribution in [0.3, 0.4) is 0 Å². The molecule has 0 radical (unpaired) electrons.